The van der Waals surface area contributed by atoms with Crippen molar-refractivity contribution in [3.8, 4) is 11.5 Å². The highest BCUT2D eigenvalue weighted by atomic mass is 32.1. The molecule has 0 spiro atoms. The van der Waals surface area contributed by atoms with Crippen LogP contribution in [0.1, 0.15) is 34.1 Å². The average molecular weight is 305 g/mol. The van der Waals surface area contributed by atoms with Crippen LogP contribution in [0.25, 0.3) is 0 Å². The third-order valence-electron chi connectivity index (χ3n) is 3.24. The molecule has 0 saturated heterocycles. The van der Waals surface area contributed by atoms with E-state index in [-0.39, 0.29) is 5.91 Å². The maximum Gasteiger partial charge on any atom is 0.261 e. The molecule has 1 fully saturated rings. The molecule has 110 valence electrons. The molecule has 3 rings (SSSR count). The van der Waals surface area contributed by atoms with Gasteiger partial charge in [-0.1, -0.05) is 17.4 Å². The van der Waals surface area contributed by atoms with Crippen LogP contribution in [-0.4, -0.2) is 30.3 Å². The van der Waals surface area contributed by atoms with E-state index in [0.717, 1.165) is 17.8 Å². The minimum Gasteiger partial charge on any atom is -0.493 e. The number of ether oxygens (including phenoxy) is 2. The molecule has 0 aliphatic heterocycles. The number of rotatable bonds is 5. The molecule has 1 heterocycles. The third kappa shape index (κ3) is 2.82. The molecule has 1 amide bonds. The standard InChI is InChI=1S/C14H15N3O3S/c1-19-10-5-3-4-9(11(10)20-2)12(18)15-14-17-16-13(21-14)8-6-7-8/h3-5,8H,6-7H2,1-2H3,(H,15,17,18). The maximum atomic E-state index is 12.3. The van der Waals surface area contributed by atoms with E-state index in [4.69, 9.17) is 9.47 Å². The topological polar surface area (TPSA) is 73.3 Å². The monoisotopic (exact) mass is 305 g/mol. The molecule has 1 saturated carbocycles. The number of carbonyl (C=O) groups is 1. The van der Waals surface area contributed by atoms with Gasteiger partial charge in [0.1, 0.15) is 5.01 Å². The first-order valence-electron chi connectivity index (χ1n) is 6.58. The summed E-state index contributed by atoms with van der Waals surface area (Å²) >= 11 is 1.42. The van der Waals surface area contributed by atoms with Crippen molar-refractivity contribution in [1.29, 1.82) is 0 Å². The Hall–Kier alpha value is -2.15. The smallest absolute Gasteiger partial charge is 0.261 e. The molecule has 2 aromatic rings. The lowest BCUT2D eigenvalue weighted by molar-refractivity contribution is 0.102. The number of amides is 1. The number of hydrogen-bond acceptors (Lipinski definition) is 6. The van der Waals surface area contributed by atoms with Crippen molar-refractivity contribution in [3.05, 3.63) is 28.8 Å². The number of para-hydroxylation sites is 1. The second-order valence-electron chi connectivity index (χ2n) is 4.71. The van der Waals surface area contributed by atoms with E-state index in [2.05, 4.69) is 15.5 Å². The summed E-state index contributed by atoms with van der Waals surface area (Å²) in [6, 6.07) is 5.16. The highest BCUT2D eigenvalue weighted by molar-refractivity contribution is 7.15. The predicted octanol–water partition coefficient (Wildman–Crippen LogP) is 2.69. The minimum atomic E-state index is -0.288. The van der Waals surface area contributed by atoms with Crippen LogP contribution in [0.4, 0.5) is 5.13 Å². The van der Waals surface area contributed by atoms with E-state index < -0.39 is 0 Å². The summed E-state index contributed by atoms with van der Waals surface area (Å²) in [5.41, 5.74) is 0.403. The summed E-state index contributed by atoms with van der Waals surface area (Å²) < 4.78 is 10.5. The normalized spacial score (nSPS) is 13.8. The molecular formula is C14H15N3O3S. The number of nitrogens with zero attached hydrogens (tertiary/aromatic N) is 2. The van der Waals surface area contributed by atoms with Crippen molar-refractivity contribution in [2.45, 2.75) is 18.8 Å². The van der Waals surface area contributed by atoms with Gasteiger partial charge in [0.25, 0.3) is 5.91 Å². The Bertz CT molecular complexity index is 667. The highest BCUT2D eigenvalue weighted by Gasteiger charge is 2.28. The van der Waals surface area contributed by atoms with Crippen molar-refractivity contribution >= 4 is 22.4 Å². The van der Waals surface area contributed by atoms with Crippen LogP contribution in [0.15, 0.2) is 18.2 Å². The lowest BCUT2D eigenvalue weighted by Gasteiger charge is -2.11. The van der Waals surface area contributed by atoms with Gasteiger partial charge in [-0.15, -0.1) is 10.2 Å². The van der Waals surface area contributed by atoms with E-state index >= 15 is 0 Å². The van der Waals surface area contributed by atoms with Gasteiger partial charge in [0.2, 0.25) is 5.13 Å². The summed E-state index contributed by atoms with van der Waals surface area (Å²) in [6.45, 7) is 0. The van der Waals surface area contributed by atoms with Crippen molar-refractivity contribution in [3.63, 3.8) is 0 Å². The first-order valence-corrected chi connectivity index (χ1v) is 7.40. The van der Waals surface area contributed by atoms with Crippen molar-refractivity contribution in [2.24, 2.45) is 0 Å². The fourth-order valence-electron chi connectivity index (χ4n) is 2.01. The first kappa shape index (κ1) is 13.8. The zero-order chi connectivity index (χ0) is 14.8. The molecule has 0 unspecified atom stereocenters. The zero-order valence-corrected chi connectivity index (χ0v) is 12.6. The van der Waals surface area contributed by atoms with Crippen molar-refractivity contribution < 1.29 is 14.3 Å². The average Bonchev–Trinajstić information content (AvgIpc) is 3.26. The number of methoxy groups -OCH3 is 2. The number of hydrogen-bond donors (Lipinski definition) is 1. The van der Waals surface area contributed by atoms with Crippen molar-refractivity contribution in [1.82, 2.24) is 10.2 Å². The van der Waals surface area contributed by atoms with Crippen LogP contribution in [0.5, 0.6) is 11.5 Å². The van der Waals surface area contributed by atoms with Crippen LogP contribution in [0.2, 0.25) is 0 Å². The Morgan fingerprint density at radius 2 is 2.10 bits per heavy atom. The minimum absolute atomic E-state index is 0.288. The molecular weight excluding hydrogens is 290 g/mol. The molecule has 1 aliphatic carbocycles. The SMILES string of the molecule is COc1cccc(C(=O)Nc2nnc(C3CC3)s2)c1OC. The fourth-order valence-corrected chi connectivity index (χ4v) is 2.92. The Balaban J connectivity index is 1.80. The predicted molar refractivity (Wildman–Crippen MR) is 79.4 cm³/mol. The van der Waals surface area contributed by atoms with Gasteiger partial charge in [-0.05, 0) is 25.0 Å². The number of aromatic nitrogens is 2. The maximum absolute atomic E-state index is 12.3. The summed E-state index contributed by atoms with van der Waals surface area (Å²) in [6.07, 6.45) is 2.32. The number of nitrogens with one attached hydrogen (secondary N) is 1. The molecule has 1 N–H and O–H groups in total. The summed E-state index contributed by atoms with van der Waals surface area (Å²) in [5, 5.41) is 12.4. The Labute approximate surface area is 126 Å². The second kappa shape index (κ2) is 5.69. The molecule has 1 aliphatic rings. The summed E-state index contributed by atoms with van der Waals surface area (Å²) in [5.74, 6) is 1.16. The number of benzene rings is 1. The summed E-state index contributed by atoms with van der Waals surface area (Å²) in [7, 11) is 3.04. The van der Waals surface area contributed by atoms with Gasteiger partial charge in [-0.2, -0.15) is 0 Å². The Kier molecular flexibility index (Phi) is 3.74. The molecule has 0 radical (unpaired) electrons. The van der Waals surface area contributed by atoms with E-state index in [1.54, 1.807) is 18.2 Å². The Morgan fingerprint density at radius 1 is 1.29 bits per heavy atom. The molecule has 6 nitrogen and oxygen atoms in total. The molecule has 0 atom stereocenters. The van der Waals surface area contributed by atoms with Crippen LogP contribution in [0, 0.1) is 0 Å². The van der Waals surface area contributed by atoms with E-state index in [1.165, 1.54) is 25.6 Å². The summed E-state index contributed by atoms with van der Waals surface area (Å²) in [4.78, 5) is 12.3. The van der Waals surface area contributed by atoms with E-state index in [9.17, 15) is 4.79 Å². The highest BCUT2D eigenvalue weighted by Crippen LogP contribution is 2.42. The van der Waals surface area contributed by atoms with Gasteiger partial charge in [-0.25, -0.2) is 0 Å². The lowest BCUT2D eigenvalue weighted by atomic mass is 10.1. The zero-order valence-electron chi connectivity index (χ0n) is 11.8. The van der Waals surface area contributed by atoms with Crippen LogP contribution < -0.4 is 14.8 Å². The van der Waals surface area contributed by atoms with E-state index in [1.807, 2.05) is 0 Å². The number of anilines is 1. The van der Waals surface area contributed by atoms with E-state index in [0.29, 0.717) is 28.1 Å². The van der Waals surface area contributed by atoms with Gasteiger partial charge in [0.15, 0.2) is 11.5 Å². The molecule has 1 aromatic heterocycles. The largest absolute Gasteiger partial charge is 0.493 e. The van der Waals surface area contributed by atoms with Gasteiger partial charge >= 0.3 is 0 Å². The fraction of sp³-hybridized carbons (Fsp3) is 0.357. The van der Waals surface area contributed by atoms with Gasteiger partial charge in [0.05, 0.1) is 19.8 Å². The third-order valence-corrected chi connectivity index (χ3v) is 4.24. The van der Waals surface area contributed by atoms with Gasteiger partial charge in [-0.3, -0.25) is 10.1 Å². The molecule has 0 bridgehead atoms. The quantitative estimate of drug-likeness (QED) is 0.919. The lowest BCUT2D eigenvalue weighted by Crippen LogP contribution is -2.13. The Morgan fingerprint density at radius 3 is 2.76 bits per heavy atom. The molecule has 7 heteroatoms. The first-order chi connectivity index (χ1) is 10.2. The van der Waals surface area contributed by atoms with Crippen LogP contribution >= 0.6 is 11.3 Å². The van der Waals surface area contributed by atoms with Crippen LogP contribution in [0.3, 0.4) is 0 Å². The van der Waals surface area contributed by atoms with Crippen LogP contribution in [-0.2, 0) is 0 Å². The van der Waals surface area contributed by atoms with Crippen molar-refractivity contribution in [2.75, 3.05) is 19.5 Å². The van der Waals surface area contributed by atoms with Gasteiger partial charge < -0.3 is 9.47 Å². The second-order valence-corrected chi connectivity index (χ2v) is 5.72. The molecule has 21 heavy (non-hydrogen) atoms. The van der Waals surface area contributed by atoms with Gasteiger partial charge in [0, 0.05) is 5.92 Å². The number of carbonyl (C=O) groups excluding carboxylic acids is 1. The molecule has 1 aromatic carbocycles.